The van der Waals surface area contributed by atoms with Gasteiger partial charge in [0, 0.05) is 31.5 Å². The van der Waals surface area contributed by atoms with Gasteiger partial charge in [-0.2, -0.15) is 30.6 Å². The first-order valence-corrected chi connectivity index (χ1v) is 13.4. The van der Waals surface area contributed by atoms with Crippen LogP contribution in [-0.2, 0) is 34.2 Å². The number of alkyl halides is 3. The van der Waals surface area contributed by atoms with Crippen LogP contribution in [0.1, 0.15) is 16.7 Å². The zero-order valence-electron chi connectivity index (χ0n) is 21.6. The summed E-state index contributed by atoms with van der Waals surface area (Å²) >= 11 is 5.97. The highest BCUT2D eigenvalue weighted by molar-refractivity contribution is 7.87. The lowest BCUT2D eigenvalue weighted by Crippen LogP contribution is -2.43. The van der Waals surface area contributed by atoms with Gasteiger partial charge in [0.2, 0.25) is 5.88 Å². The molecule has 2 N–H and O–H groups in total. The summed E-state index contributed by atoms with van der Waals surface area (Å²) in [6.07, 6.45) is -5.99. The molecule has 0 fully saturated rings. The Hall–Kier alpha value is -3.79. The molecule has 0 aliphatic carbocycles. The summed E-state index contributed by atoms with van der Waals surface area (Å²) in [6.45, 7) is -0.606. The minimum Gasteiger partial charge on any atom is -0.497 e. The van der Waals surface area contributed by atoms with Crippen LogP contribution < -0.4 is 18.9 Å². The first-order valence-electron chi connectivity index (χ1n) is 11.6. The fourth-order valence-corrected chi connectivity index (χ4v) is 4.48. The lowest BCUT2D eigenvalue weighted by atomic mass is 10.2. The number of rotatable bonds is 13. The lowest BCUT2D eigenvalue weighted by molar-refractivity contribution is -0.137. The number of carboxylic acid groups (broad SMARTS) is 1. The van der Waals surface area contributed by atoms with Gasteiger partial charge in [-0.15, -0.1) is 0 Å². The van der Waals surface area contributed by atoms with Gasteiger partial charge in [0.1, 0.15) is 28.9 Å². The van der Waals surface area contributed by atoms with Gasteiger partial charge >= 0.3 is 22.5 Å². The van der Waals surface area contributed by atoms with Crippen LogP contribution in [0, 0.1) is 0 Å². The van der Waals surface area contributed by atoms with Gasteiger partial charge in [-0.1, -0.05) is 23.7 Å². The number of pyridine rings is 1. The fourth-order valence-electron chi connectivity index (χ4n) is 3.26. The van der Waals surface area contributed by atoms with Crippen LogP contribution in [0.15, 0.2) is 54.7 Å². The summed E-state index contributed by atoms with van der Waals surface area (Å²) in [7, 11) is -1.66. The van der Waals surface area contributed by atoms with E-state index in [9.17, 15) is 31.5 Å². The Morgan fingerprint density at radius 1 is 1.07 bits per heavy atom. The molecule has 222 valence electrons. The third-order valence-corrected chi connectivity index (χ3v) is 7.02. The molecular formula is C25H25ClF3N3O8S. The fraction of sp³-hybridized carbons (Fsp3) is 0.280. The monoisotopic (exact) mass is 619 g/mol. The largest absolute Gasteiger partial charge is 0.497 e. The van der Waals surface area contributed by atoms with Gasteiger partial charge in [-0.3, -0.25) is 0 Å². The summed E-state index contributed by atoms with van der Waals surface area (Å²) in [5.41, 5.74) is -0.568. The van der Waals surface area contributed by atoms with Gasteiger partial charge in [0.15, 0.2) is 0 Å². The zero-order chi connectivity index (χ0) is 30.2. The van der Waals surface area contributed by atoms with E-state index in [2.05, 4.69) is 9.71 Å². The number of halogens is 4. The predicted octanol–water partition coefficient (Wildman–Crippen LogP) is 5.09. The van der Waals surface area contributed by atoms with E-state index in [4.69, 9.17) is 30.5 Å². The van der Waals surface area contributed by atoms with Crippen LogP contribution in [0.4, 0.5) is 18.0 Å². The molecule has 3 aromatic rings. The first kappa shape index (κ1) is 31.7. The maximum Gasteiger partial charge on any atom is 0.422 e. The molecule has 1 aromatic heterocycles. The third-order valence-electron chi connectivity index (χ3n) is 5.37. The average molecular weight is 620 g/mol. The third kappa shape index (κ3) is 8.85. The normalized spacial score (nSPS) is 11.7. The van der Waals surface area contributed by atoms with Crippen LogP contribution in [0.3, 0.4) is 0 Å². The molecule has 0 saturated carbocycles. The summed E-state index contributed by atoms with van der Waals surface area (Å²) in [4.78, 5) is 15.6. The number of benzene rings is 2. The van der Waals surface area contributed by atoms with Crippen LogP contribution in [0.2, 0.25) is 5.02 Å². The number of nitrogens with one attached hydrogen (secondary N) is 1. The number of carbonyl (C=O) groups is 1. The molecule has 1 heterocycles. The molecule has 0 aliphatic rings. The van der Waals surface area contributed by atoms with Crippen molar-refractivity contribution < 1.29 is 50.4 Å². The number of amides is 1. The maximum absolute atomic E-state index is 13.0. The summed E-state index contributed by atoms with van der Waals surface area (Å²) in [5, 5.41) is 9.25. The highest BCUT2D eigenvalue weighted by atomic mass is 35.5. The van der Waals surface area contributed by atoms with Crippen LogP contribution in [-0.4, -0.2) is 56.3 Å². The van der Waals surface area contributed by atoms with Gasteiger partial charge in [0.25, 0.3) is 0 Å². The molecule has 11 nitrogen and oxygen atoms in total. The van der Waals surface area contributed by atoms with E-state index < -0.39 is 45.5 Å². The molecule has 0 aliphatic heterocycles. The minimum absolute atomic E-state index is 0.0130. The van der Waals surface area contributed by atoms with Crippen molar-refractivity contribution in [3.05, 3.63) is 76.4 Å². The van der Waals surface area contributed by atoms with Crippen molar-refractivity contribution in [3.8, 4) is 23.1 Å². The number of methoxy groups -OCH3 is 2. The van der Waals surface area contributed by atoms with E-state index in [0.717, 1.165) is 0 Å². The Morgan fingerprint density at radius 2 is 1.76 bits per heavy atom. The Kier molecular flexibility index (Phi) is 10.6. The predicted molar refractivity (Wildman–Crippen MR) is 140 cm³/mol. The van der Waals surface area contributed by atoms with E-state index in [0.29, 0.717) is 23.6 Å². The van der Waals surface area contributed by atoms with Crippen LogP contribution in [0.25, 0.3) is 0 Å². The molecule has 0 unspecified atom stereocenters. The summed E-state index contributed by atoms with van der Waals surface area (Å²) < 4.78 is 88.5. The highest BCUT2D eigenvalue weighted by Crippen LogP contribution is 2.37. The summed E-state index contributed by atoms with van der Waals surface area (Å²) in [6, 6.07) is 11.1. The standard InChI is InChI=1S/C25H25ClF3N3O8S/c1-37-9-10-39-20-8-5-17(22(12-20)40-23-21(26)11-18(14-30-23)25(27,28)29)15-32(24(33)34)41(35,36)31-13-16-3-6-19(38-2)7-4-16/h3-8,11-12,14,31H,9-10,13,15H2,1-2H3,(H,33,34). The lowest BCUT2D eigenvalue weighted by Gasteiger charge is -2.21. The number of aromatic nitrogens is 1. The van der Waals surface area contributed by atoms with Crippen molar-refractivity contribution in [2.24, 2.45) is 0 Å². The number of nitrogens with zero attached hydrogens (tertiary/aromatic N) is 2. The van der Waals surface area contributed by atoms with Crippen molar-refractivity contribution in [2.45, 2.75) is 19.3 Å². The molecule has 41 heavy (non-hydrogen) atoms. The smallest absolute Gasteiger partial charge is 0.422 e. The molecule has 0 atom stereocenters. The molecule has 3 rings (SSSR count). The molecule has 2 aromatic carbocycles. The first-order chi connectivity index (χ1) is 19.3. The SMILES string of the molecule is COCCOc1ccc(CN(C(=O)O)S(=O)(=O)NCc2ccc(OC)cc2)c(Oc2ncc(C(F)(F)F)cc2Cl)c1. The Bertz CT molecular complexity index is 1460. The van der Waals surface area contributed by atoms with Crippen molar-refractivity contribution in [3.63, 3.8) is 0 Å². The molecule has 0 saturated heterocycles. The van der Waals surface area contributed by atoms with Crippen molar-refractivity contribution in [2.75, 3.05) is 27.4 Å². The second kappa shape index (κ2) is 13.7. The van der Waals surface area contributed by atoms with Gasteiger partial charge < -0.3 is 24.1 Å². The number of ether oxygens (including phenoxy) is 4. The Morgan fingerprint density at radius 3 is 2.34 bits per heavy atom. The second-order valence-corrected chi connectivity index (χ2v) is 10.3. The van der Waals surface area contributed by atoms with Gasteiger partial charge in [0.05, 0.1) is 25.8 Å². The molecule has 1 amide bonds. The van der Waals surface area contributed by atoms with E-state index in [1.807, 2.05) is 0 Å². The molecule has 0 radical (unpaired) electrons. The topological polar surface area (TPSA) is 137 Å². The van der Waals surface area contributed by atoms with E-state index in [1.165, 1.54) is 32.4 Å². The van der Waals surface area contributed by atoms with E-state index >= 15 is 0 Å². The Labute approximate surface area is 238 Å². The summed E-state index contributed by atoms with van der Waals surface area (Å²) in [5.74, 6) is 0.169. The average Bonchev–Trinajstić information content (AvgIpc) is 2.92. The van der Waals surface area contributed by atoms with Crippen molar-refractivity contribution in [1.82, 2.24) is 14.0 Å². The quantitative estimate of drug-likeness (QED) is 0.251. The molecule has 0 spiro atoms. The van der Waals surface area contributed by atoms with Crippen LogP contribution in [0.5, 0.6) is 23.1 Å². The minimum atomic E-state index is -4.70. The van der Waals surface area contributed by atoms with Crippen LogP contribution >= 0.6 is 11.6 Å². The van der Waals surface area contributed by atoms with Gasteiger partial charge in [-0.05, 0) is 35.9 Å². The molecular weight excluding hydrogens is 595 g/mol. The van der Waals surface area contributed by atoms with Gasteiger partial charge in [-0.25, -0.2) is 9.78 Å². The maximum atomic E-state index is 13.0. The van der Waals surface area contributed by atoms with Crippen molar-refractivity contribution >= 4 is 27.9 Å². The molecule has 0 bridgehead atoms. The second-order valence-electron chi connectivity index (χ2n) is 8.19. The Balaban J connectivity index is 1.90. The number of hydrogen-bond acceptors (Lipinski definition) is 8. The number of hydrogen-bond donors (Lipinski definition) is 2. The van der Waals surface area contributed by atoms with Crippen molar-refractivity contribution in [1.29, 1.82) is 0 Å². The molecule has 16 heteroatoms. The van der Waals surface area contributed by atoms with E-state index in [1.54, 1.807) is 24.3 Å². The van der Waals surface area contributed by atoms with E-state index in [-0.39, 0.29) is 41.1 Å². The highest BCUT2D eigenvalue weighted by Gasteiger charge is 2.32. The zero-order valence-corrected chi connectivity index (χ0v) is 23.2.